The number of carbonyl (C=O) groups is 2. The number of urea groups is 1. The minimum absolute atomic E-state index is 0.325. The van der Waals surface area contributed by atoms with Crippen LogP contribution in [0.4, 0.5) is 4.79 Å². The van der Waals surface area contributed by atoms with Gasteiger partial charge in [-0.25, -0.2) is 9.59 Å². The average Bonchev–Trinajstić information content (AvgIpc) is 2.42. The summed E-state index contributed by atoms with van der Waals surface area (Å²) in [7, 11) is 1.58. The third kappa shape index (κ3) is 4.87. The summed E-state index contributed by atoms with van der Waals surface area (Å²) in [6.07, 6.45) is 0.339. The smallest absolute Gasteiger partial charge is 0.326 e. The largest absolute Gasteiger partial charge is 0.497 e. The van der Waals surface area contributed by atoms with Gasteiger partial charge in [-0.1, -0.05) is 19.1 Å². The van der Waals surface area contributed by atoms with E-state index in [0.29, 0.717) is 13.0 Å². The monoisotopic (exact) mass is 266 g/mol. The van der Waals surface area contributed by atoms with Crippen molar-refractivity contribution in [1.82, 2.24) is 10.6 Å². The van der Waals surface area contributed by atoms with Crippen molar-refractivity contribution in [1.29, 1.82) is 0 Å². The third-order valence-electron chi connectivity index (χ3n) is 2.62. The van der Waals surface area contributed by atoms with Crippen molar-refractivity contribution in [2.75, 3.05) is 7.11 Å². The highest BCUT2D eigenvalue weighted by Crippen LogP contribution is 2.10. The van der Waals surface area contributed by atoms with E-state index in [9.17, 15) is 9.59 Å². The quantitative estimate of drug-likeness (QED) is 0.725. The van der Waals surface area contributed by atoms with Crippen LogP contribution < -0.4 is 15.4 Å². The number of carboxylic acid groups (broad SMARTS) is 1. The molecule has 6 heteroatoms. The van der Waals surface area contributed by atoms with Crippen LogP contribution in [-0.2, 0) is 11.3 Å². The van der Waals surface area contributed by atoms with Crippen LogP contribution in [0.1, 0.15) is 18.9 Å². The van der Waals surface area contributed by atoms with Crippen molar-refractivity contribution < 1.29 is 19.4 Å². The Labute approximate surface area is 111 Å². The summed E-state index contributed by atoms with van der Waals surface area (Å²) >= 11 is 0. The lowest BCUT2D eigenvalue weighted by Gasteiger charge is -2.13. The Hall–Kier alpha value is -2.24. The molecule has 104 valence electrons. The second-order valence-corrected chi connectivity index (χ2v) is 3.97. The fourth-order valence-electron chi connectivity index (χ4n) is 1.47. The molecule has 2 amide bonds. The van der Waals surface area contributed by atoms with Crippen LogP contribution >= 0.6 is 0 Å². The zero-order chi connectivity index (χ0) is 14.3. The lowest BCUT2D eigenvalue weighted by molar-refractivity contribution is -0.139. The number of hydrogen-bond donors (Lipinski definition) is 3. The van der Waals surface area contributed by atoms with Crippen molar-refractivity contribution in [2.24, 2.45) is 0 Å². The molecule has 0 aliphatic rings. The Morgan fingerprint density at radius 3 is 2.42 bits per heavy atom. The maximum absolute atomic E-state index is 11.5. The van der Waals surface area contributed by atoms with Gasteiger partial charge in [0.05, 0.1) is 7.11 Å². The molecule has 1 rings (SSSR count). The number of amides is 2. The van der Waals surface area contributed by atoms with Gasteiger partial charge in [0, 0.05) is 6.54 Å². The van der Waals surface area contributed by atoms with Crippen LogP contribution in [0.2, 0.25) is 0 Å². The van der Waals surface area contributed by atoms with Crippen LogP contribution in [0, 0.1) is 0 Å². The predicted molar refractivity (Wildman–Crippen MR) is 70.1 cm³/mol. The van der Waals surface area contributed by atoms with Crippen molar-refractivity contribution in [2.45, 2.75) is 25.9 Å². The molecule has 1 aromatic rings. The minimum atomic E-state index is -1.04. The number of nitrogens with one attached hydrogen (secondary N) is 2. The molecule has 0 saturated carbocycles. The van der Waals surface area contributed by atoms with Crippen LogP contribution in [0.3, 0.4) is 0 Å². The number of methoxy groups -OCH3 is 1. The van der Waals surface area contributed by atoms with Crippen molar-refractivity contribution >= 4 is 12.0 Å². The number of carboxylic acids is 1. The van der Waals surface area contributed by atoms with E-state index in [1.807, 2.05) is 12.1 Å². The van der Waals surface area contributed by atoms with E-state index >= 15 is 0 Å². The number of ether oxygens (including phenoxy) is 1. The highest BCUT2D eigenvalue weighted by atomic mass is 16.5. The van der Waals surface area contributed by atoms with Gasteiger partial charge in [-0.2, -0.15) is 0 Å². The molecule has 0 radical (unpaired) electrons. The average molecular weight is 266 g/mol. The first kappa shape index (κ1) is 14.8. The highest BCUT2D eigenvalue weighted by Gasteiger charge is 2.16. The predicted octanol–water partition coefficient (Wildman–Crippen LogP) is 1.36. The molecule has 0 spiro atoms. The normalized spacial score (nSPS) is 11.5. The summed E-state index contributed by atoms with van der Waals surface area (Å²) in [5.74, 6) is -0.299. The van der Waals surface area contributed by atoms with Gasteiger partial charge in [0.25, 0.3) is 0 Å². The van der Waals surface area contributed by atoms with Crippen LogP contribution in [0.5, 0.6) is 5.75 Å². The molecular formula is C13H18N2O4. The summed E-state index contributed by atoms with van der Waals surface area (Å²) in [6, 6.07) is 5.88. The summed E-state index contributed by atoms with van der Waals surface area (Å²) in [6.45, 7) is 2.02. The van der Waals surface area contributed by atoms with Gasteiger partial charge < -0.3 is 20.5 Å². The maximum atomic E-state index is 11.5. The zero-order valence-corrected chi connectivity index (χ0v) is 11.0. The van der Waals surface area contributed by atoms with E-state index in [0.717, 1.165) is 11.3 Å². The Balaban J connectivity index is 2.42. The molecule has 3 N–H and O–H groups in total. The Bertz CT molecular complexity index is 431. The fourth-order valence-corrected chi connectivity index (χ4v) is 1.47. The summed E-state index contributed by atoms with van der Waals surface area (Å²) in [5, 5.41) is 13.8. The molecule has 0 bridgehead atoms. The van der Waals surface area contributed by atoms with E-state index < -0.39 is 18.0 Å². The second-order valence-electron chi connectivity index (χ2n) is 3.97. The summed E-state index contributed by atoms with van der Waals surface area (Å²) in [5.41, 5.74) is 0.902. The molecule has 6 nitrogen and oxygen atoms in total. The molecule has 0 unspecified atom stereocenters. The van der Waals surface area contributed by atoms with Crippen molar-refractivity contribution in [3.8, 4) is 5.75 Å². The number of carbonyl (C=O) groups excluding carboxylic acids is 1. The maximum Gasteiger partial charge on any atom is 0.326 e. The SMILES string of the molecule is CC[C@@H](NC(=O)NCc1ccc(OC)cc1)C(=O)O. The van der Waals surface area contributed by atoms with E-state index in [1.54, 1.807) is 26.2 Å². The van der Waals surface area contributed by atoms with E-state index in [4.69, 9.17) is 9.84 Å². The van der Waals surface area contributed by atoms with Crippen molar-refractivity contribution in [3.63, 3.8) is 0 Å². The zero-order valence-electron chi connectivity index (χ0n) is 11.0. The van der Waals surface area contributed by atoms with Gasteiger partial charge in [-0.05, 0) is 24.1 Å². The molecule has 1 atom stereocenters. The van der Waals surface area contributed by atoms with Gasteiger partial charge in [-0.3, -0.25) is 0 Å². The molecular weight excluding hydrogens is 248 g/mol. The topological polar surface area (TPSA) is 87.7 Å². The van der Waals surface area contributed by atoms with Gasteiger partial charge in [-0.15, -0.1) is 0 Å². The number of benzene rings is 1. The summed E-state index contributed by atoms with van der Waals surface area (Å²) < 4.78 is 5.02. The standard InChI is InChI=1S/C13H18N2O4/c1-3-11(12(16)17)15-13(18)14-8-9-4-6-10(19-2)7-5-9/h4-7,11H,3,8H2,1-2H3,(H,16,17)(H2,14,15,18)/t11-/m1/s1. The lowest BCUT2D eigenvalue weighted by Crippen LogP contribution is -2.45. The van der Waals surface area contributed by atoms with Crippen LogP contribution in [0.15, 0.2) is 24.3 Å². The van der Waals surface area contributed by atoms with Gasteiger partial charge in [0.1, 0.15) is 11.8 Å². The number of hydrogen-bond acceptors (Lipinski definition) is 3. The molecule has 0 saturated heterocycles. The number of rotatable bonds is 6. The van der Waals surface area contributed by atoms with Crippen LogP contribution in [0.25, 0.3) is 0 Å². The van der Waals surface area contributed by atoms with Gasteiger partial charge >= 0.3 is 12.0 Å². The Morgan fingerprint density at radius 2 is 1.95 bits per heavy atom. The highest BCUT2D eigenvalue weighted by molar-refractivity contribution is 5.82. The molecule has 0 aliphatic carbocycles. The molecule has 0 heterocycles. The first-order valence-corrected chi connectivity index (χ1v) is 5.97. The molecule has 0 aromatic heterocycles. The second kappa shape index (κ2) is 7.25. The molecule has 0 fully saturated rings. The van der Waals surface area contributed by atoms with E-state index in [1.165, 1.54) is 0 Å². The summed E-state index contributed by atoms with van der Waals surface area (Å²) in [4.78, 5) is 22.3. The molecule has 1 aromatic carbocycles. The lowest BCUT2D eigenvalue weighted by atomic mass is 10.2. The first-order chi connectivity index (χ1) is 9.06. The van der Waals surface area contributed by atoms with Crippen molar-refractivity contribution in [3.05, 3.63) is 29.8 Å². The van der Waals surface area contributed by atoms with Gasteiger partial charge in [0.2, 0.25) is 0 Å². The van der Waals surface area contributed by atoms with Crippen LogP contribution in [-0.4, -0.2) is 30.3 Å². The first-order valence-electron chi connectivity index (χ1n) is 5.97. The number of aliphatic carboxylic acids is 1. The molecule has 19 heavy (non-hydrogen) atoms. The van der Waals surface area contributed by atoms with Gasteiger partial charge in [0.15, 0.2) is 0 Å². The fraction of sp³-hybridized carbons (Fsp3) is 0.385. The third-order valence-corrected chi connectivity index (χ3v) is 2.62. The van der Waals surface area contributed by atoms with E-state index in [2.05, 4.69) is 10.6 Å². The minimum Gasteiger partial charge on any atom is -0.497 e. The Morgan fingerprint density at radius 1 is 1.32 bits per heavy atom. The van der Waals surface area contributed by atoms with E-state index in [-0.39, 0.29) is 0 Å². The Kier molecular flexibility index (Phi) is 5.66. The molecule has 0 aliphatic heterocycles.